The van der Waals surface area contributed by atoms with E-state index in [1.54, 1.807) is 0 Å². The van der Waals surface area contributed by atoms with Gasteiger partial charge in [0.1, 0.15) is 12.0 Å². The Kier molecular flexibility index (Phi) is 7.43. The summed E-state index contributed by atoms with van der Waals surface area (Å²) in [7, 11) is 0. The van der Waals surface area contributed by atoms with Gasteiger partial charge in [0.25, 0.3) is 0 Å². The van der Waals surface area contributed by atoms with Gasteiger partial charge in [-0.25, -0.2) is 9.98 Å². The Morgan fingerprint density at radius 1 is 0.579 bits per heavy atom. The molecule has 10 aromatic rings. The van der Waals surface area contributed by atoms with Crippen molar-refractivity contribution in [3.05, 3.63) is 185 Å². The monoisotopic (exact) mass is 766 g/mol. The van der Waals surface area contributed by atoms with Crippen LogP contribution in [0.4, 0.5) is 0 Å². The number of aromatic nitrogens is 1. The average molecular weight is 767 g/mol. The Morgan fingerprint density at radius 2 is 1.26 bits per heavy atom. The molecule has 4 heterocycles. The lowest BCUT2D eigenvalue weighted by Gasteiger charge is -2.24. The van der Waals surface area contributed by atoms with Crippen LogP contribution < -0.4 is 15.1 Å². The van der Waals surface area contributed by atoms with Gasteiger partial charge in [-0.05, 0) is 72.0 Å². The van der Waals surface area contributed by atoms with Crippen molar-refractivity contribution in [1.29, 1.82) is 0 Å². The number of thiophene rings is 2. The third-order valence-electron chi connectivity index (χ3n) is 11.5. The molecule has 4 nitrogen and oxygen atoms in total. The number of rotatable bonds is 5. The maximum atomic E-state index is 5.30. The molecule has 12 rings (SSSR count). The summed E-state index contributed by atoms with van der Waals surface area (Å²) in [6.45, 7) is 0. The molecule has 3 aromatic heterocycles. The van der Waals surface area contributed by atoms with E-state index in [1.165, 1.54) is 84.2 Å². The maximum absolute atomic E-state index is 5.30. The fourth-order valence-electron chi connectivity index (χ4n) is 8.92. The lowest BCUT2D eigenvalue weighted by atomic mass is 9.97. The van der Waals surface area contributed by atoms with E-state index >= 15 is 0 Å². The van der Waals surface area contributed by atoms with Crippen LogP contribution in [0.1, 0.15) is 30.1 Å². The SMILES string of the molecule is C1=c2sc3c(-c4ccc5sc6ccc(-n7c8ccccc8c8ccccc87)cc6c5c4)cccc3c2=C(C2=NC(c3ccccc3)NC(c3ccccc3)=N2)CC1. The highest BCUT2D eigenvalue weighted by Crippen LogP contribution is 2.41. The van der Waals surface area contributed by atoms with E-state index in [9.17, 15) is 0 Å². The minimum Gasteiger partial charge on any atom is -0.344 e. The van der Waals surface area contributed by atoms with Gasteiger partial charge in [-0.2, -0.15) is 0 Å². The van der Waals surface area contributed by atoms with E-state index in [0.717, 1.165) is 35.6 Å². The predicted octanol–water partition coefficient (Wildman–Crippen LogP) is 11.9. The topological polar surface area (TPSA) is 41.7 Å². The number of nitrogens with zero attached hydrogens (tertiary/aromatic N) is 3. The maximum Gasteiger partial charge on any atom is 0.155 e. The Balaban J connectivity index is 1.02. The second-order valence-electron chi connectivity index (χ2n) is 14.8. The number of aliphatic imine (C=N–C) groups is 2. The largest absolute Gasteiger partial charge is 0.344 e. The van der Waals surface area contributed by atoms with Crippen molar-refractivity contribution in [1.82, 2.24) is 9.88 Å². The van der Waals surface area contributed by atoms with E-state index in [1.807, 2.05) is 28.7 Å². The molecular weight excluding hydrogens is 733 g/mol. The fraction of sp³-hybridized carbons (Fsp3) is 0.0588. The molecule has 0 bridgehead atoms. The van der Waals surface area contributed by atoms with E-state index in [2.05, 4.69) is 174 Å². The summed E-state index contributed by atoms with van der Waals surface area (Å²) in [5.74, 6) is 1.68. The zero-order chi connectivity index (χ0) is 37.5. The highest BCUT2D eigenvalue weighted by atomic mass is 32.1. The van der Waals surface area contributed by atoms with E-state index in [-0.39, 0.29) is 6.17 Å². The van der Waals surface area contributed by atoms with Gasteiger partial charge in [0.15, 0.2) is 5.84 Å². The third kappa shape index (κ3) is 5.25. The normalized spacial score (nSPS) is 15.5. The van der Waals surface area contributed by atoms with Gasteiger partial charge in [0.2, 0.25) is 0 Å². The average Bonchev–Trinajstić information content (AvgIpc) is 3.96. The van der Waals surface area contributed by atoms with Crippen molar-refractivity contribution in [2.45, 2.75) is 19.0 Å². The van der Waals surface area contributed by atoms with Crippen LogP contribution >= 0.6 is 22.7 Å². The smallest absolute Gasteiger partial charge is 0.155 e. The van der Waals surface area contributed by atoms with Crippen molar-refractivity contribution in [2.24, 2.45) is 9.98 Å². The van der Waals surface area contributed by atoms with Crippen LogP contribution in [-0.2, 0) is 0 Å². The van der Waals surface area contributed by atoms with Crippen LogP contribution in [-0.4, -0.2) is 16.2 Å². The number of nitrogens with one attached hydrogen (secondary N) is 1. The quantitative estimate of drug-likeness (QED) is 0.186. The molecule has 0 amide bonds. The summed E-state index contributed by atoms with van der Waals surface area (Å²) in [5, 5.41) is 11.3. The van der Waals surface area contributed by atoms with Crippen LogP contribution in [0.25, 0.3) is 80.5 Å². The fourth-order valence-corrected chi connectivity index (χ4v) is 11.3. The summed E-state index contributed by atoms with van der Waals surface area (Å²) in [5.41, 5.74) is 9.56. The molecule has 1 unspecified atom stereocenters. The highest BCUT2D eigenvalue weighted by Gasteiger charge is 2.24. The minimum absolute atomic E-state index is 0.223. The Labute approximate surface area is 336 Å². The number of fused-ring (bicyclic) bond motifs is 9. The molecule has 1 aliphatic carbocycles. The molecule has 6 heteroatoms. The van der Waals surface area contributed by atoms with Gasteiger partial charge < -0.3 is 9.88 Å². The second-order valence-corrected chi connectivity index (χ2v) is 17.0. The van der Waals surface area contributed by atoms with Crippen LogP contribution in [0.2, 0.25) is 0 Å². The molecule has 0 spiro atoms. The van der Waals surface area contributed by atoms with Crippen LogP contribution in [0.5, 0.6) is 0 Å². The van der Waals surface area contributed by atoms with Gasteiger partial charge in [0, 0.05) is 67.6 Å². The zero-order valence-electron chi connectivity index (χ0n) is 30.8. The Morgan fingerprint density at radius 3 is 2.05 bits per heavy atom. The molecule has 1 N–H and O–H groups in total. The lowest BCUT2D eigenvalue weighted by molar-refractivity contribution is 0.674. The molecule has 0 saturated carbocycles. The first-order valence-corrected chi connectivity index (χ1v) is 21.1. The molecule has 0 saturated heterocycles. The van der Waals surface area contributed by atoms with Gasteiger partial charge >= 0.3 is 0 Å². The van der Waals surface area contributed by atoms with Gasteiger partial charge in [0.05, 0.1) is 11.0 Å². The second kappa shape index (κ2) is 13.0. The number of hydrogen-bond acceptors (Lipinski definition) is 5. The van der Waals surface area contributed by atoms with Gasteiger partial charge in [-0.3, -0.25) is 0 Å². The molecule has 270 valence electrons. The summed E-state index contributed by atoms with van der Waals surface area (Å²) in [6, 6.07) is 59.2. The number of para-hydroxylation sites is 2. The van der Waals surface area contributed by atoms with Crippen molar-refractivity contribution in [3.8, 4) is 16.8 Å². The molecule has 1 atom stereocenters. The summed E-state index contributed by atoms with van der Waals surface area (Å²) in [6.07, 6.45) is 4.05. The summed E-state index contributed by atoms with van der Waals surface area (Å²) < 4.78 is 7.64. The summed E-state index contributed by atoms with van der Waals surface area (Å²) >= 11 is 3.77. The van der Waals surface area contributed by atoms with Gasteiger partial charge in [-0.1, -0.05) is 127 Å². The molecule has 0 radical (unpaired) electrons. The first kappa shape index (κ1) is 32.6. The molecule has 0 fully saturated rings. The van der Waals surface area contributed by atoms with Gasteiger partial charge in [-0.15, -0.1) is 22.7 Å². The number of amidine groups is 2. The van der Waals surface area contributed by atoms with Crippen LogP contribution in [0.15, 0.2) is 174 Å². The van der Waals surface area contributed by atoms with Crippen LogP contribution in [0.3, 0.4) is 0 Å². The number of hydrogen-bond donors (Lipinski definition) is 1. The molecule has 1 aliphatic heterocycles. The Hall–Kier alpha value is -6.60. The molecular formula is C51H34N4S2. The van der Waals surface area contributed by atoms with E-state index < -0.39 is 0 Å². The van der Waals surface area contributed by atoms with Crippen molar-refractivity contribution >= 4 is 98.1 Å². The molecule has 57 heavy (non-hydrogen) atoms. The number of benzene rings is 7. The van der Waals surface area contributed by atoms with Crippen molar-refractivity contribution in [3.63, 3.8) is 0 Å². The lowest BCUT2D eigenvalue weighted by Crippen LogP contribution is -2.36. The first-order valence-electron chi connectivity index (χ1n) is 19.5. The minimum atomic E-state index is -0.223. The van der Waals surface area contributed by atoms with Crippen molar-refractivity contribution in [2.75, 3.05) is 0 Å². The first-order chi connectivity index (χ1) is 28.2. The third-order valence-corrected chi connectivity index (χ3v) is 13.9. The van der Waals surface area contributed by atoms with E-state index in [4.69, 9.17) is 9.98 Å². The summed E-state index contributed by atoms with van der Waals surface area (Å²) in [4.78, 5) is 10.5. The highest BCUT2D eigenvalue weighted by molar-refractivity contribution is 7.25. The standard InChI is InChI=1S/C51H34N4S2/c1-3-13-31(14-4-1)49-52-50(32-15-5-2-6-16-32)54-51(53-49)39-21-12-24-46-47(39)38-20-11-19-35(48(38)57-46)33-25-27-44-40(29-33)41-30-34(26-28-45(41)56-44)55-42-22-9-7-17-36(42)37-18-8-10-23-43(37)55/h1-11,13-20,22-30,49H,12,21H2,(H,52,53,54). The predicted molar refractivity (Wildman–Crippen MR) is 244 cm³/mol. The van der Waals surface area contributed by atoms with Crippen molar-refractivity contribution < 1.29 is 0 Å². The zero-order valence-corrected chi connectivity index (χ0v) is 32.4. The van der Waals surface area contributed by atoms with Crippen LogP contribution in [0, 0.1) is 0 Å². The Bertz CT molecular complexity index is 3390. The van der Waals surface area contributed by atoms with E-state index in [0.29, 0.717) is 0 Å². The molecule has 7 aromatic carbocycles. The molecule has 2 aliphatic rings.